The van der Waals surface area contributed by atoms with Crippen molar-refractivity contribution in [2.75, 3.05) is 26.6 Å². The normalized spacial score (nSPS) is 10.8. The number of benzene rings is 3. The van der Waals surface area contributed by atoms with E-state index < -0.39 is 0 Å². The van der Waals surface area contributed by atoms with Gasteiger partial charge in [0.2, 0.25) is 5.75 Å². The number of para-hydroxylation sites is 1. The molecule has 4 aromatic rings. The lowest BCUT2D eigenvalue weighted by atomic mass is 9.99. The first kappa shape index (κ1) is 18.7. The fourth-order valence-electron chi connectivity index (χ4n) is 3.63. The summed E-state index contributed by atoms with van der Waals surface area (Å²) in [6.07, 6.45) is 0. The average Bonchev–Trinajstić information content (AvgIpc) is 3.15. The molecular weight excluding hydrogens is 364 g/mol. The van der Waals surface area contributed by atoms with Crippen LogP contribution in [0.1, 0.15) is 5.56 Å². The van der Waals surface area contributed by atoms with Gasteiger partial charge in [-0.3, -0.25) is 0 Å². The molecule has 0 amide bonds. The highest BCUT2D eigenvalue weighted by Crippen LogP contribution is 2.41. The van der Waals surface area contributed by atoms with Crippen LogP contribution < -0.4 is 19.5 Å². The smallest absolute Gasteiger partial charge is 0.203 e. The molecule has 1 aromatic heterocycles. The third-order valence-corrected chi connectivity index (χ3v) is 5.04. The van der Waals surface area contributed by atoms with Crippen LogP contribution in [0.25, 0.3) is 22.0 Å². The number of aromatic nitrogens is 1. The number of anilines is 2. The van der Waals surface area contributed by atoms with E-state index in [0.29, 0.717) is 17.2 Å². The molecule has 0 aliphatic rings. The summed E-state index contributed by atoms with van der Waals surface area (Å²) in [5, 5.41) is 4.56. The molecule has 0 unspecified atom stereocenters. The van der Waals surface area contributed by atoms with Crippen LogP contribution in [-0.2, 0) is 0 Å². The maximum Gasteiger partial charge on any atom is 0.203 e. The van der Waals surface area contributed by atoms with Crippen molar-refractivity contribution in [1.82, 2.24) is 4.98 Å². The molecule has 3 aromatic carbocycles. The van der Waals surface area contributed by atoms with Gasteiger partial charge in [0.25, 0.3) is 0 Å². The highest BCUT2D eigenvalue weighted by Gasteiger charge is 2.14. The highest BCUT2D eigenvalue weighted by molar-refractivity contribution is 5.97. The van der Waals surface area contributed by atoms with Crippen molar-refractivity contribution >= 4 is 22.4 Å². The minimum atomic E-state index is 0.569. The van der Waals surface area contributed by atoms with Crippen LogP contribution in [0.3, 0.4) is 0 Å². The molecule has 0 saturated heterocycles. The number of hydrogen-bond acceptors (Lipinski definition) is 4. The molecule has 0 radical (unpaired) electrons. The summed E-state index contributed by atoms with van der Waals surface area (Å²) in [5.41, 5.74) is 5.58. The topological polar surface area (TPSA) is 55.5 Å². The number of H-pyrrole nitrogens is 1. The van der Waals surface area contributed by atoms with Crippen LogP contribution >= 0.6 is 0 Å². The first-order chi connectivity index (χ1) is 14.1. The van der Waals surface area contributed by atoms with E-state index in [4.69, 9.17) is 14.2 Å². The third kappa shape index (κ3) is 3.47. The zero-order valence-corrected chi connectivity index (χ0v) is 17.0. The molecule has 0 saturated carbocycles. The van der Waals surface area contributed by atoms with Crippen molar-refractivity contribution in [3.63, 3.8) is 0 Å². The number of aryl methyl sites for hydroxylation is 1. The SMILES string of the molecule is COc1cc(Nc2cc3cccc(-c4ccccc4C)c3[nH]2)cc(OC)c1OC. The fourth-order valence-corrected chi connectivity index (χ4v) is 3.63. The quantitative estimate of drug-likeness (QED) is 0.431. The van der Waals surface area contributed by atoms with Gasteiger partial charge in [-0.05, 0) is 24.1 Å². The Morgan fingerprint density at radius 1 is 0.759 bits per heavy atom. The summed E-state index contributed by atoms with van der Waals surface area (Å²) in [6.45, 7) is 2.13. The van der Waals surface area contributed by atoms with Crippen molar-refractivity contribution in [3.05, 3.63) is 66.2 Å². The maximum atomic E-state index is 5.45. The van der Waals surface area contributed by atoms with Gasteiger partial charge in [-0.15, -0.1) is 0 Å². The standard InChI is InChI=1S/C24H24N2O3/c1-15-8-5-6-10-18(15)19-11-7-9-16-12-22(26-23(16)19)25-17-13-20(27-2)24(29-4)21(14-17)28-3/h5-14,25-26H,1-4H3. The Morgan fingerprint density at radius 3 is 2.10 bits per heavy atom. The molecule has 0 aliphatic heterocycles. The summed E-state index contributed by atoms with van der Waals surface area (Å²) in [5.74, 6) is 2.66. The number of hydrogen-bond donors (Lipinski definition) is 2. The Hall–Kier alpha value is -3.60. The number of rotatable bonds is 6. The molecule has 0 spiro atoms. The largest absolute Gasteiger partial charge is 0.493 e. The van der Waals surface area contributed by atoms with Crippen molar-refractivity contribution < 1.29 is 14.2 Å². The zero-order chi connectivity index (χ0) is 20.4. The second-order valence-electron chi connectivity index (χ2n) is 6.81. The summed E-state index contributed by atoms with van der Waals surface area (Å²) in [4.78, 5) is 3.52. The van der Waals surface area contributed by atoms with Gasteiger partial charge in [-0.1, -0.05) is 42.5 Å². The van der Waals surface area contributed by atoms with Crippen LogP contribution in [0.4, 0.5) is 11.5 Å². The van der Waals surface area contributed by atoms with Gasteiger partial charge >= 0.3 is 0 Å². The molecule has 0 atom stereocenters. The van der Waals surface area contributed by atoms with Crippen molar-refractivity contribution in [1.29, 1.82) is 0 Å². The van der Waals surface area contributed by atoms with Crippen LogP contribution in [0.5, 0.6) is 17.2 Å². The number of fused-ring (bicyclic) bond motifs is 1. The molecule has 4 rings (SSSR count). The van der Waals surface area contributed by atoms with E-state index in [1.165, 1.54) is 16.7 Å². The monoisotopic (exact) mass is 388 g/mol. The molecule has 29 heavy (non-hydrogen) atoms. The number of aromatic amines is 1. The number of methoxy groups -OCH3 is 3. The minimum absolute atomic E-state index is 0.569. The maximum absolute atomic E-state index is 5.45. The second-order valence-corrected chi connectivity index (χ2v) is 6.81. The van der Waals surface area contributed by atoms with Crippen LogP contribution in [0.15, 0.2) is 60.7 Å². The van der Waals surface area contributed by atoms with E-state index in [9.17, 15) is 0 Å². The summed E-state index contributed by atoms with van der Waals surface area (Å²) < 4.78 is 16.3. The predicted molar refractivity (Wildman–Crippen MR) is 118 cm³/mol. The lowest BCUT2D eigenvalue weighted by Crippen LogP contribution is -1.98. The molecule has 0 aliphatic carbocycles. The van der Waals surface area contributed by atoms with Crippen molar-refractivity contribution in [2.45, 2.75) is 6.92 Å². The summed E-state index contributed by atoms with van der Waals surface area (Å²) >= 11 is 0. The van der Waals surface area contributed by atoms with Crippen molar-refractivity contribution in [3.8, 4) is 28.4 Å². The third-order valence-electron chi connectivity index (χ3n) is 5.04. The van der Waals surface area contributed by atoms with E-state index in [0.717, 1.165) is 22.4 Å². The van der Waals surface area contributed by atoms with E-state index in [-0.39, 0.29) is 0 Å². The van der Waals surface area contributed by atoms with Gasteiger partial charge in [0.1, 0.15) is 5.82 Å². The molecule has 0 bridgehead atoms. The van der Waals surface area contributed by atoms with Crippen LogP contribution in [-0.4, -0.2) is 26.3 Å². The van der Waals surface area contributed by atoms with Crippen molar-refractivity contribution in [2.24, 2.45) is 0 Å². The van der Waals surface area contributed by atoms with Gasteiger partial charge in [0.15, 0.2) is 11.5 Å². The van der Waals surface area contributed by atoms with Gasteiger partial charge in [0.05, 0.1) is 26.8 Å². The number of ether oxygens (including phenoxy) is 3. The minimum Gasteiger partial charge on any atom is -0.493 e. The number of nitrogens with one attached hydrogen (secondary N) is 2. The lowest BCUT2D eigenvalue weighted by molar-refractivity contribution is 0.324. The Labute approximate surface area is 170 Å². The molecule has 148 valence electrons. The Morgan fingerprint density at radius 2 is 1.45 bits per heavy atom. The van der Waals surface area contributed by atoms with Gasteiger partial charge in [-0.2, -0.15) is 0 Å². The predicted octanol–water partition coefficient (Wildman–Crippen LogP) is 5.91. The van der Waals surface area contributed by atoms with Crippen LogP contribution in [0, 0.1) is 6.92 Å². The molecular formula is C24H24N2O3. The van der Waals surface area contributed by atoms with Gasteiger partial charge in [0, 0.05) is 28.8 Å². The van der Waals surface area contributed by atoms with Gasteiger partial charge < -0.3 is 24.5 Å². The average molecular weight is 388 g/mol. The Bertz CT molecular complexity index is 1140. The summed E-state index contributed by atoms with van der Waals surface area (Å²) in [6, 6.07) is 20.6. The van der Waals surface area contributed by atoms with E-state index in [1.807, 2.05) is 12.1 Å². The highest BCUT2D eigenvalue weighted by atomic mass is 16.5. The van der Waals surface area contributed by atoms with E-state index >= 15 is 0 Å². The molecule has 1 heterocycles. The first-order valence-electron chi connectivity index (χ1n) is 9.39. The van der Waals surface area contributed by atoms with E-state index in [2.05, 4.69) is 65.8 Å². The van der Waals surface area contributed by atoms with Crippen LogP contribution in [0.2, 0.25) is 0 Å². The second kappa shape index (κ2) is 7.80. The van der Waals surface area contributed by atoms with E-state index in [1.54, 1.807) is 21.3 Å². The Balaban J connectivity index is 1.75. The summed E-state index contributed by atoms with van der Waals surface area (Å²) in [7, 11) is 4.81. The fraction of sp³-hybridized carbons (Fsp3) is 0.167. The first-order valence-corrected chi connectivity index (χ1v) is 9.39. The lowest BCUT2D eigenvalue weighted by Gasteiger charge is -2.14. The zero-order valence-electron chi connectivity index (χ0n) is 17.0. The molecule has 5 nitrogen and oxygen atoms in total. The Kier molecular flexibility index (Phi) is 5.04. The van der Waals surface area contributed by atoms with Gasteiger partial charge in [-0.25, -0.2) is 0 Å². The molecule has 0 fully saturated rings. The molecule has 5 heteroatoms. The molecule has 2 N–H and O–H groups in total.